The number of aromatic nitrogens is 2. The van der Waals surface area contributed by atoms with Crippen molar-refractivity contribution >= 4 is 11.0 Å². The first-order chi connectivity index (χ1) is 10.7. The minimum atomic E-state index is -4.65. The van der Waals surface area contributed by atoms with Crippen LogP contribution in [0, 0.1) is 11.6 Å². The minimum absolute atomic E-state index is 0.0410. The Morgan fingerprint density at radius 3 is 2.35 bits per heavy atom. The normalized spacial score (nSPS) is 19.4. The topological polar surface area (TPSA) is 41.3 Å². The van der Waals surface area contributed by atoms with Crippen molar-refractivity contribution in [3.63, 3.8) is 0 Å². The summed E-state index contributed by atoms with van der Waals surface area (Å²) in [6.07, 6.45) is -4.12. The first-order valence-electron chi connectivity index (χ1n) is 7.01. The van der Waals surface area contributed by atoms with Crippen molar-refractivity contribution < 1.29 is 27.1 Å². The lowest BCUT2D eigenvalue weighted by Gasteiger charge is -2.39. The lowest BCUT2D eigenvalue weighted by Crippen LogP contribution is -2.53. The first-order valence-corrected chi connectivity index (χ1v) is 7.01. The molecule has 1 saturated heterocycles. The van der Waals surface area contributed by atoms with Gasteiger partial charge in [-0.25, -0.2) is 13.8 Å². The molecule has 0 amide bonds. The summed E-state index contributed by atoms with van der Waals surface area (Å²) in [5.41, 5.74) is -2.02. The van der Waals surface area contributed by atoms with Gasteiger partial charge in [0.1, 0.15) is 0 Å². The van der Waals surface area contributed by atoms with Crippen LogP contribution in [0.15, 0.2) is 18.5 Å². The summed E-state index contributed by atoms with van der Waals surface area (Å²) in [6.45, 7) is 0.272. The van der Waals surface area contributed by atoms with Crippen LogP contribution < -0.4 is 0 Å². The molecular formula is C14H14F5N3O. The Bertz CT molecular complexity index is 719. The van der Waals surface area contributed by atoms with Crippen LogP contribution in [0.2, 0.25) is 0 Å². The fraction of sp³-hybridized carbons (Fsp3) is 0.500. The largest absolute Gasteiger partial charge is 0.417 e. The first kappa shape index (κ1) is 16.1. The molecule has 0 saturated carbocycles. The Morgan fingerprint density at radius 2 is 1.74 bits per heavy atom. The summed E-state index contributed by atoms with van der Waals surface area (Å²) in [4.78, 5) is 5.65. The Morgan fingerprint density at radius 1 is 1.13 bits per heavy atom. The highest BCUT2D eigenvalue weighted by Crippen LogP contribution is 2.38. The monoisotopic (exact) mass is 335 g/mol. The van der Waals surface area contributed by atoms with E-state index in [1.54, 1.807) is 4.90 Å². The molecule has 1 aromatic carbocycles. The lowest BCUT2D eigenvalue weighted by molar-refractivity contribution is -0.273. The molecule has 0 bridgehead atoms. The van der Waals surface area contributed by atoms with Crippen LogP contribution in [0.1, 0.15) is 12.8 Å². The predicted octanol–water partition coefficient (Wildman–Crippen LogP) is 2.66. The third kappa shape index (κ3) is 2.90. The van der Waals surface area contributed by atoms with E-state index in [0.29, 0.717) is 5.52 Å². The van der Waals surface area contributed by atoms with Gasteiger partial charge in [-0.15, -0.1) is 0 Å². The molecule has 126 valence electrons. The number of imidazole rings is 1. The SMILES string of the molecule is OC1(C(F)(F)F)CCN(Cn2cnc3cc(F)c(F)cc32)CC1. The van der Waals surface area contributed by atoms with Crippen molar-refractivity contribution in [1.29, 1.82) is 0 Å². The highest BCUT2D eigenvalue weighted by molar-refractivity contribution is 5.75. The van der Waals surface area contributed by atoms with Gasteiger partial charge in [-0.1, -0.05) is 0 Å². The molecule has 1 aliphatic rings. The number of alkyl halides is 3. The van der Waals surface area contributed by atoms with Gasteiger partial charge in [0.25, 0.3) is 0 Å². The van der Waals surface area contributed by atoms with Crippen molar-refractivity contribution in [2.75, 3.05) is 13.1 Å². The van der Waals surface area contributed by atoms with E-state index in [1.165, 1.54) is 10.9 Å². The molecule has 0 aliphatic carbocycles. The predicted molar refractivity (Wildman–Crippen MR) is 71.5 cm³/mol. The lowest BCUT2D eigenvalue weighted by atomic mass is 9.91. The smallest absolute Gasteiger partial charge is 0.380 e. The summed E-state index contributed by atoms with van der Waals surface area (Å²) < 4.78 is 66.3. The number of benzene rings is 1. The number of fused-ring (bicyclic) bond motifs is 1. The maximum atomic E-state index is 13.3. The molecule has 2 aromatic rings. The average Bonchev–Trinajstić information content (AvgIpc) is 2.83. The maximum absolute atomic E-state index is 13.3. The zero-order chi connectivity index (χ0) is 16.8. The number of aliphatic hydroxyl groups is 1. The van der Waals surface area contributed by atoms with Crippen LogP contribution in [0.4, 0.5) is 22.0 Å². The summed E-state index contributed by atoms with van der Waals surface area (Å²) in [5, 5.41) is 9.63. The second kappa shape index (κ2) is 5.41. The van der Waals surface area contributed by atoms with E-state index < -0.39 is 36.3 Å². The Labute approximate surface area is 128 Å². The zero-order valence-corrected chi connectivity index (χ0v) is 11.9. The van der Waals surface area contributed by atoms with E-state index in [-0.39, 0.29) is 25.3 Å². The van der Waals surface area contributed by atoms with Gasteiger partial charge in [0, 0.05) is 25.2 Å². The standard InChI is InChI=1S/C14H14F5N3O/c15-9-5-11-12(6-10(9)16)22(7-20-11)8-21-3-1-13(23,2-4-21)14(17,18)19/h5-7,23H,1-4,8H2. The van der Waals surface area contributed by atoms with Crippen LogP contribution in [0.5, 0.6) is 0 Å². The molecule has 4 nitrogen and oxygen atoms in total. The van der Waals surface area contributed by atoms with E-state index in [9.17, 15) is 27.1 Å². The van der Waals surface area contributed by atoms with Crippen molar-refractivity contribution in [2.24, 2.45) is 0 Å². The molecule has 1 N–H and O–H groups in total. The molecule has 2 heterocycles. The Kier molecular flexibility index (Phi) is 3.80. The van der Waals surface area contributed by atoms with E-state index in [2.05, 4.69) is 4.98 Å². The van der Waals surface area contributed by atoms with Crippen LogP contribution in [-0.2, 0) is 6.67 Å². The Balaban J connectivity index is 1.74. The van der Waals surface area contributed by atoms with Gasteiger partial charge >= 0.3 is 6.18 Å². The summed E-state index contributed by atoms with van der Waals surface area (Å²) in [6, 6.07) is 1.98. The molecule has 0 spiro atoms. The van der Waals surface area contributed by atoms with E-state index >= 15 is 0 Å². The molecule has 1 aliphatic heterocycles. The van der Waals surface area contributed by atoms with Crippen LogP contribution in [0.3, 0.4) is 0 Å². The van der Waals surface area contributed by atoms with Gasteiger partial charge in [-0.3, -0.25) is 4.90 Å². The molecular weight excluding hydrogens is 321 g/mol. The summed E-state index contributed by atoms with van der Waals surface area (Å²) in [5.74, 6) is -2.01. The Hall–Kier alpha value is -1.74. The van der Waals surface area contributed by atoms with Crippen LogP contribution in [0.25, 0.3) is 11.0 Å². The van der Waals surface area contributed by atoms with E-state index in [1.807, 2.05) is 0 Å². The number of piperidine rings is 1. The molecule has 1 fully saturated rings. The third-order valence-corrected chi connectivity index (χ3v) is 4.23. The fourth-order valence-electron chi connectivity index (χ4n) is 2.73. The van der Waals surface area contributed by atoms with Crippen molar-refractivity contribution in [2.45, 2.75) is 31.3 Å². The van der Waals surface area contributed by atoms with Crippen molar-refractivity contribution in [3.05, 3.63) is 30.1 Å². The number of likely N-dealkylation sites (tertiary alicyclic amines) is 1. The van der Waals surface area contributed by atoms with Gasteiger partial charge in [0.15, 0.2) is 17.2 Å². The molecule has 0 radical (unpaired) electrons. The molecule has 23 heavy (non-hydrogen) atoms. The maximum Gasteiger partial charge on any atom is 0.417 e. The molecule has 9 heteroatoms. The summed E-state index contributed by atoms with van der Waals surface area (Å²) in [7, 11) is 0. The van der Waals surface area contributed by atoms with Gasteiger partial charge < -0.3 is 9.67 Å². The van der Waals surface area contributed by atoms with E-state index in [0.717, 1.165) is 12.1 Å². The van der Waals surface area contributed by atoms with Crippen LogP contribution >= 0.6 is 0 Å². The highest BCUT2D eigenvalue weighted by Gasteiger charge is 2.54. The summed E-state index contributed by atoms with van der Waals surface area (Å²) >= 11 is 0. The third-order valence-electron chi connectivity index (χ3n) is 4.23. The zero-order valence-electron chi connectivity index (χ0n) is 11.9. The second-order valence-corrected chi connectivity index (χ2v) is 5.76. The van der Waals surface area contributed by atoms with Crippen LogP contribution in [-0.4, -0.2) is 44.4 Å². The quantitative estimate of drug-likeness (QED) is 0.858. The highest BCUT2D eigenvalue weighted by atomic mass is 19.4. The number of halogens is 5. The number of rotatable bonds is 2. The van der Waals surface area contributed by atoms with E-state index in [4.69, 9.17) is 0 Å². The van der Waals surface area contributed by atoms with Gasteiger partial charge in [0.2, 0.25) is 0 Å². The van der Waals surface area contributed by atoms with Crippen molar-refractivity contribution in [3.8, 4) is 0 Å². The van der Waals surface area contributed by atoms with Gasteiger partial charge in [-0.2, -0.15) is 13.2 Å². The molecule has 0 unspecified atom stereocenters. The number of nitrogens with zero attached hydrogens (tertiary/aromatic N) is 3. The molecule has 1 aromatic heterocycles. The number of hydrogen-bond donors (Lipinski definition) is 1. The fourth-order valence-corrected chi connectivity index (χ4v) is 2.73. The molecule has 3 rings (SSSR count). The molecule has 0 atom stereocenters. The van der Waals surface area contributed by atoms with Crippen molar-refractivity contribution in [1.82, 2.24) is 14.5 Å². The van der Waals surface area contributed by atoms with Gasteiger partial charge in [0.05, 0.1) is 24.0 Å². The second-order valence-electron chi connectivity index (χ2n) is 5.76. The van der Waals surface area contributed by atoms with Gasteiger partial charge in [-0.05, 0) is 12.8 Å². The minimum Gasteiger partial charge on any atom is -0.380 e. The average molecular weight is 335 g/mol. The number of hydrogen-bond acceptors (Lipinski definition) is 3.